The highest BCUT2D eigenvalue weighted by molar-refractivity contribution is 14.1. The predicted octanol–water partition coefficient (Wildman–Crippen LogP) is 1.83. The first-order valence-electron chi connectivity index (χ1n) is 2.12. The van der Waals surface area contributed by atoms with Crippen LogP contribution in [-0.4, -0.2) is 4.43 Å². The topological polar surface area (TPSA) is 0 Å². The Kier molecular flexibility index (Phi) is 1.87. The minimum Gasteiger partial charge on any atom is -0.0864 e. The summed E-state index contributed by atoms with van der Waals surface area (Å²) >= 11 is 2.02. The summed E-state index contributed by atoms with van der Waals surface area (Å²) < 4.78 is 14.3. The monoisotopic (exact) mass is 172 g/mol. The van der Waals surface area contributed by atoms with Crippen molar-refractivity contribution >= 4 is 22.6 Å². The highest BCUT2D eigenvalue weighted by Crippen LogP contribution is 1.81. The molecule has 0 aromatic carbocycles. The Labute approximate surface area is 43.5 Å². The Balaban J connectivity index is 3.17. The lowest BCUT2D eigenvalue weighted by atomic mass is 10.6. The van der Waals surface area contributed by atoms with Crippen molar-refractivity contribution in [3.8, 4) is 0 Å². The fourth-order valence-corrected chi connectivity index (χ4v) is 0. The molecule has 0 radical (unpaired) electrons. The molecule has 0 aliphatic carbocycles. The average Bonchev–Trinajstić information content (AvgIpc) is 1.35. The molecule has 0 fully saturated rings. The van der Waals surface area contributed by atoms with Crippen LogP contribution in [-0.2, 0) is 0 Å². The van der Waals surface area contributed by atoms with E-state index < -0.39 is 6.37 Å². The molecule has 26 valence electrons. The van der Waals surface area contributed by atoms with Gasteiger partial charge < -0.3 is 0 Å². The van der Waals surface area contributed by atoms with Crippen molar-refractivity contribution in [3.05, 3.63) is 0 Å². The van der Waals surface area contributed by atoms with Crippen LogP contribution in [0.1, 0.15) is 16.0 Å². The molecule has 0 aromatic rings. The molecule has 0 aliphatic heterocycles. The molecule has 0 amide bonds. The van der Waals surface area contributed by atoms with Gasteiger partial charge in [0.25, 0.3) is 0 Å². The van der Waals surface area contributed by atoms with Crippen LogP contribution in [0.4, 0.5) is 0 Å². The van der Waals surface area contributed by atoms with Crippen LogP contribution < -0.4 is 0 Å². The van der Waals surface area contributed by atoms with E-state index in [-0.39, 0.29) is 0 Å². The summed E-state index contributed by atoms with van der Waals surface area (Å²) in [4.78, 5) is 0. The number of hydrogen-bond donors (Lipinski definition) is 0. The fraction of sp³-hybridized carbons (Fsp3) is 1.00. The van der Waals surface area contributed by atoms with E-state index in [2.05, 4.69) is 0 Å². The number of hydrogen-bond acceptors (Lipinski definition) is 0. The first kappa shape index (κ1) is 2.00. The molecule has 0 heterocycles. The maximum atomic E-state index is 6.84. The van der Waals surface area contributed by atoms with Crippen LogP contribution in [0.15, 0.2) is 0 Å². The standard InChI is InChI=1S/C3H7I/c1-2-3-4/h2-3H2,1H3/i2D2. The molecule has 0 spiro atoms. The summed E-state index contributed by atoms with van der Waals surface area (Å²) in [6, 6.07) is 0. The number of halogens is 1. The first-order chi connectivity index (χ1) is 2.56. The number of alkyl halides is 1. The van der Waals surface area contributed by atoms with E-state index in [1.54, 1.807) is 6.92 Å². The number of rotatable bonds is 1. The van der Waals surface area contributed by atoms with Gasteiger partial charge in [-0.25, -0.2) is 0 Å². The Morgan fingerprint density at radius 2 is 2.50 bits per heavy atom. The summed E-state index contributed by atoms with van der Waals surface area (Å²) in [7, 11) is 0. The first-order valence-corrected chi connectivity index (χ1v) is 2.65. The van der Waals surface area contributed by atoms with Crippen molar-refractivity contribution in [2.75, 3.05) is 4.43 Å². The van der Waals surface area contributed by atoms with Crippen molar-refractivity contribution in [2.45, 2.75) is 13.3 Å². The van der Waals surface area contributed by atoms with Gasteiger partial charge in [-0.05, 0) is 10.8 Å². The van der Waals surface area contributed by atoms with Crippen molar-refractivity contribution in [1.29, 1.82) is 0 Å². The molecule has 0 saturated heterocycles. The van der Waals surface area contributed by atoms with E-state index in [0.29, 0.717) is 4.43 Å². The van der Waals surface area contributed by atoms with E-state index in [1.807, 2.05) is 22.6 Å². The second-order valence-electron chi connectivity index (χ2n) is 0.487. The second kappa shape index (κ2) is 3.73. The van der Waals surface area contributed by atoms with Crippen LogP contribution in [0.25, 0.3) is 0 Å². The fourth-order valence-electron chi connectivity index (χ4n) is 0. The van der Waals surface area contributed by atoms with Crippen molar-refractivity contribution in [1.82, 2.24) is 0 Å². The maximum Gasteiger partial charge on any atom is 0.0271 e. The van der Waals surface area contributed by atoms with Gasteiger partial charge in [0.05, 0.1) is 0 Å². The minimum absolute atomic E-state index is 0.574. The van der Waals surface area contributed by atoms with Gasteiger partial charge in [-0.15, -0.1) is 0 Å². The van der Waals surface area contributed by atoms with Crippen molar-refractivity contribution in [3.63, 3.8) is 0 Å². The van der Waals surface area contributed by atoms with Crippen LogP contribution in [0, 0.1) is 0 Å². The third-order valence-corrected chi connectivity index (χ3v) is 0.896. The quantitative estimate of drug-likeness (QED) is 0.418. The van der Waals surface area contributed by atoms with Gasteiger partial charge >= 0.3 is 0 Å². The van der Waals surface area contributed by atoms with Crippen LogP contribution >= 0.6 is 22.6 Å². The molecule has 0 atom stereocenters. The van der Waals surface area contributed by atoms with Crippen LogP contribution in [0.3, 0.4) is 0 Å². The molecule has 0 N–H and O–H groups in total. The van der Waals surface area contributed by atoms with Gasteiger partial charge in [-0.3, -0.25) is 0 Å². The zero-order valence-electron chi connectivity index (χ0n) is 4.59. The zero-order valence-corrected chi connectivity index (χ0v) is 4.74. The van der Waals surface area contributed by atoms with Gasteiger partial charge in [0.2, 0.25) is 0 Å². The Hall–Kier alpha value is 0.730. The third-order valence-electron chi connectivity index (χ3n) is 0.134. The van der Waals surface area contributed by atoms with E-state index in [9.17, 15) is 0 Å². The Morgan fingerprint density at radius 1 is 2.25 bits per heavy atom. The molecule has 0 bridgehead atoms. The van der Waals surface area contributed by atoms with Gasteiger partial charge in [0.15, 0.2) is 0 Å². The van der Waals surface area contributed by atoms with Gasteiger partial charge in [0.1, 0.15) is 0 Å². The summed E-state index contributed by atoms with van der Waals surface area (Å²) in [5.74, 6) is 0. The molecule has 0 aliphatic rings. The Morgan fingerprint density at radius 3 is 2.50 bits per heavy atom. The van der Waals surface area contributed by atoms with Gasteiger partial charge in [-0.2, -0.15) is 0 Å². The molecule has 0 nitrogen and oxygen atoms in total. The molecular weight excluding hydrogens is 163 g/mol. The van der Waals surface area contributed by atoms with E-state index >= 15 is 0 Å². The average molecular weight is 172 g/mol. The third kappa shape index (κ3) is 2.73. The normalized spacial score (nSPS) is 18.5. The van der Waals surface area contributed by atoms with E-state index in [4.69, 9.17) is 2.74 Å². The molecule has 0 aromatic heterocycles. The smallest absolute Gasteiger partial charge is 0.0271 e. The molecule has 0 rings (SSSR count). The maximum absolute atomic E-state index is 6.84. The van der Waals surface area contributed by atoms with Gasteiger partial charge in [0, 0.05) is 2.74 Å². The highest BCUT2D eigenvalue weighted by Gasteiger charge is 1.58. The summed E-state index contributed by atoms with van der Waals surface area (Å²) in [6.07, 6.45) is -0.972. The minimum atomic E-state index is -0.972. The second-order valence-corrected chi connectivity index (χ2v) is 1.25. The van der Waals surface area contributed by atoms with Crippen LogP contribution in [0.5, 0.6) is 0 Å². The summed E-state index contributed by atoms with van der Waals surface area (Å²) in [6.45, 7) is 1.57. The Bertz CT molecular complexity index is 38.5. The molecule has 0 unspecified atom stereocenters. The summed E-state index contributed by atoms with van der Waals surface area (Å²) in [5, 5.41) is 0. The highest BCUT2D eigenvalue weighted by atomic mass is 127. The van der Waals surface area contributed by atoms with Crippen LogP contribution in [0.2, 0.25) is 0 Å². The molecule has 4 heavy (non-hydrogen) atoms. The molecular formula is C3H7I. The lowest BCUT2D eigenvalue weighted by molar-refractivity contribution is 1.13. The van der Waals surface area contributed by atoms with Crippen molar-refractivity contribution in [2.24, 2.45) is 0 Å². The lowest BCUT2D eigenvalue weighted by Gasteiger charge is -1.66. The zero-order chi connectivity index (χ0) is 5.21. The van der Waals surface area contributed by atoms with E-state index in [1.165, 1.54) is 0 Å². The largest absolute Gasteiger partial charge is 0.0864 e. The van der Waals surface area contributed by atoms with Gasteiger partial charge in [-0.1, -0.05) is 29.5 Å². The predicted molar refractivity (Wildman–Crippen MR) is 29.2 cm³/mol. The molecule has 0 saturated carbocycles. The molecule has 1 heteroatoms. The van der Waals surface area contributed by atoms with E-state index in [0.717, 1.165) is 0 Å². The summed E-state index contributed by atoms with van der Waals surface area (Å²) in [5.41, 5.74) is 0. The lowest BCUT2D eigenvalue weighted by Crippen LogP contribution is -1.54. The van der Waals surface area contributed by atoms with Crippen molar-refractivity contribution < 1.29 is 2.74 Å². The SMILES string of the molecule is [2H]C([2H])(C)CI.